The predicted octanol–water partition coefficient (Wildman–Crippen LogP) is 1.33. The van der Waals surface area contributed by atoms with Crippen molar-refractivity contribution in [3.8, 4) is 0 Å². The molecule has 0 amide bonds. The van der Waals surface area contributed by atoms with Gasteiger partial charge in [-0.05, 0) is 6.92 Å². The molecule has 1 aliphatic carbocycles. The molecule has 1 nitrogen and oxygen atoms in total. The Balaban J connectivity index is 2.19. The third-order valence-electron chi connectivity index (χ3n) is 2.05. The zero-order valence-corrected chi connectivity index (χ0v) is 6.02. The first-order valence-electron chi connectivity index (χ1n) is 3.78. The summed E-state index contributed by atoms with van der Waals surface area (Å²) in [5.41, 5.74) is 0.363. The second-order valence-electron chi connectivity index (χ2n) is 3.06. The Kier molecular flexibility index (Phi) is 2.32. The summed E-state index contributed by atoms with van der Waals surface area (Å²) in [6.45, 7) is 1.69. The van der Waals surface area contributed by atoms with E-state index in [0.717, 1.165) is 13.1 Å². The molecule has 0 aromatic rings. The van der Waals surface area contributed by atoms with Crippen LogP contribution in [-0.4, -0.2) is 13.0 Å². The van der Waals surface area contributed by atoms with Gasteiger partial charge in [-0.1, -0.05) is 31.5 Å². The minimum Gasteiger partial charge on any atom is -0.312 e. The molecule has 0 aromatic heterocycles. The van der Waals surface area contributed by atoms with E-state index in [1.807, 2.05) is 0 Å². The van der Waals surface area contributed by atoms with Crippen LogP contribution in [0.4, 0.5) is 0 Å². The number of carbonyl (C=O) groups is 1. The summed E-state index contributed by atoms with van der Waals surface area (Å²) >= 11 is 0. The van der Waals surface area contributed by atoms with E-state index in [1.54, 1.807) is 6.92 Å². The molecule has 1 saturated carbocycles. The Morgan fingerprint density at radius 3 is 2.44 bits per heavy atom. The van der Waals surface area contributed by atoms with Gasteiger partial charge < -0.3 is 4.79 Å². The summed E-state index contributed by atoms with van der Waals surface area (Å²) < 4.78 is 0. The molecule has 0 aromatic carbocycles. The molecule has 50 valence electrons. The van der Waals surface area contributed by atoms with Crippen LogP contribution in [0.25, 0.3) is 0 Å². The van der Waals surface area contributed by atoms with Crippen LogP contribution in [0.5, 0.6) is 0 Å². The van der Waals surface area contributed by atoms with Crippen molar-refractivity contribution in [2.24, 2.45) is 0 Å². The maximum atomic E-state index is 10.6. The molecular weight excluding hydrogens is 111 g/mol. The Morgan fingerprint density at radius 2 is 2.00 bits per heavy atom. The number of hydrogen-bond acceptors (Lipinski definition) is 1. The van der Waals surface area contributed by atoms with Crippen molar-refractivity contribution < 1.29 is 4.79 Å². The van der Waals surface area contributed by atoms with Gasteiger partial charge >= 0.3 is 0 Å². The van der Waals surface area contributed by atoms with Gasteiger partial charge in [0, 0.05) is 0 Å². The topological polar surface area (TPSA) is 17.1 Å². The molecule has 1 fully saturated rings. The molecule has 0 saturated heterocycles. The summed E-state index contributed by atoms with van der Waals surface area (Å²) in [5, 5.41) is 0. The van der Waals surface area contributed by atoms with E-state index in [9.17, 15) is 4.79 Å². The van der Waals surface area contributed by atoms with Gasteiger partial charge in [0.15, 0.2) is 0 Å². The van der Waals surface area contributed by atoms with E-state index in [1.165, 1.54) is 25.7 Å². The van der Waals surface area contributed by atoms with Crippen molar-refractivity contribution in [3.63, 3.8) is 0 Å². The lowest BCUT2D eigenvalue weighted by Crippen LogP contribution is -2.08. The Morgan fingerprint density at radius 1 is 1.44 bits per heavy atom. The van der Waals surface area contributed by atoms with Crippen molar-refractivity contribution in [2.75, 3.05) is 0 Å². The van der Waals surface area contributed by atoms with Crippen molar-refractivity contribution >= 4 is 13.0 Å². The van der Waals surface area contributed by atoms with Crippen LogP contribution >= 0.6 is 0 Å². The predicted molar refractivity (Wildman–Crippen MR) is 40.0 cm³/mol. The van der Waals surface area contributed by atoms with Crippen LogP contribution in [0.3, 0.4) is 0 Å². The SMILES string of the molecule is CC(=O)BC1CCCC1. The lowest BCUT2D eigenvalue weighted by molar-refractivity contribution is -0.110. The first-order chi connectivity index (χ1) is 4.29. The fraction of sp³-hybridized carbons (Fsp3) is 0.857. The van der Waals surface area contributed by atoms with Crippen molar-refractivity contribution in [2.45, 2.75) is 38.4 Å². The van der Waals surface area contributed by atoms with Gasteiger partial charge in [0.2, 0.25) is 7.28 Å². The van der Waals surface area contributed by atoms with Gasteiger partial charge in [-0.25, -0.2) is 0 Å². The van der Waals surface area contributed by atoms with Gasteiger partial charge in [0.25, 0.3) is 0 Å². The minimum absolute atomic E-state index is 0.363. The highest BCUT2D eigenvalue weighted by Crippen LogP contribution is 2.28. The highest BCUT2D eigenvalue weighted by atomic mass is 16.1. The quantitative estimate of drug-likeness (QED) is 0.507. The van der Waals surface area contributed by atoms with Gasteiger partial charge in [-0.2, -0.15) is 0 Å². The number of carbonyl (C=O) groups excluding carboxylic acids is 1. The standard InChI is InChI=1S/C7H13BO/c1-6(9)8-7-4-2-3-5-7/h7-8H,2-5H2,1H3. The largest absolute Gasteiger partial charge is 0.312 e. The zero-order valence-electron chi connectivity index (χ0n) is 6.02. The third-order valence-corrected chi connectivity index (χ3v) is 2.05. The molecule has 9 heavy (non-hydrogen) atoms. The first-order valence-corrected chi connectivity index (χ1v) is 3.78. The van der Waals surface area contributed by atoms with Crippen LogP contribution in [0.1, 0.15) is 32.6 Å². The van der Waals surface area contributed by atoms with Gasteiger partial charge in [0.05, 0.1) is 5.68 Å². The molecule has 0 N–H and O–H groups in total. The van der Waals surface area contributed by atoms with E-state index in [0.29, 0.717) is 5.68 Å². The average molecular weight is 124 g/mol. The monoisotopic (exact) mass is 124 g/mol. The molecule has 0 unspecified atom stereocenters. The maximum Gasteiger partial charge on any atom is 0.208 e. The van der Waals surface area contributed by atoms with E-state index in [2.05, 4.69) is 0 Å². The highest BCUT2D eigenvalue weighted by Gasteiger charge is 2.17. The van der Waals surface area contributed by atoms with Crippen LogP contribution in [0.2, 0.25) is 5.82 Å². The van der Waals surface area contributed by atoms with Crippen LogP contribution < -0.4 is 0 Å². The van der Waals surface area contributed by atoms with Crippen molar-refractivity contribution in [1.29, 1.82) is 0 Å². The molecule has 0 atom stereocenters. The number of rotatable bonds is 2. The van der Waals surface area contributed by atoms with Gasteiger partial charge in [-0.15, -0.1) is 0 Å². The number of hydrogen-bond donors (Lipinski definition) is 0. The average Bonchev–Trinajstić information content (AvgIpc) is 2.15. The highest BCUT2D eigenvalue weighted by molar-refractivity contribution is 6.74. The zero-order chi connectivity index (χ0) is 6.69. The van der Waals surface area contributed by atoms with Crippen LogP contribution in [-0.2, 0) is 4.79 Å². The molecule has 0 spiro atoms. The smallest absolute Gasteiger partial charge is 0.208 e. The summed E-state index contributed by atoms with van der Waals surface area (Å²) in [6, 6.07) is 0. The molecule has 0 radical (unpaired) electrons. The molecule has 0 aliphatic heterocycles. The molecule has 2 heteroatoms. The van der Waals surface area contributed by atoms with Crippen LogP contribution in [0.15, 0.2) is 0 Å². The lowest BCUT2D eigenvalue weighted by atomic mass is 9.61. The Labute approximate surface area is 57.1 Å². The van der Waals surface area contributed by atoms with E-state index >= 15 is 0 Å². The molecule has 0 bridgehead atoms. The van der Waals surface area contributed by atoms with Crippen molar-refractivity contribution in [3.05, 3.63) is 0 Å². The maximum absolute atomic E-state index is 10.6. The third kappa shape index (κ3) is 2.21. The van der Waals surface area contributed by atoms with E-state index in [-0.39, 0.29) is 0 Å². The molecule has 1 aliphatic rings. The summed E-state index contributed by atoms with van der Waals surface area (Å²) in [5.74, 6) is 0.738. The second kappa shape index (κ2) is 3.04. The van der Waals surface area contributed by atoms with E-state index in [4.69, 9.17) is 0 Å². The van der Waals surface area contributed by atoms with Crippen molar-refractivity contribution in [1.82, 2.24) is 0 Å². The molecular formula is C7H13BO. The lowest BCUT2D eigenvalue weighted by Gasteiger charge is -2.00. The van der Waals surface area contributed by atoms with Gasteiger partial charge in [-0.3, -0.25) is 0 Å². The normalized spacial score (nSPS) is 20.1. The first kappa shape index (κ1) is 6.85. The summed E-state index contributed by atoms with van der Waals surface area (Å²) in [7, 11) is 0.833. The van der Waals surface area contributed by atoms with E-state index < -0.39 is 0 Å². The molecule has 1 rings (SSSR count). The Hall–Kier alpha value is -0.265. The van der Waals surface area contributed by atoms with Crippen LogP contribution in [0, 0.1) is 0 Å². The minimum atomic E-state index is 0.363. The summed E-state index contributed by atoms with van der Waals surface area (Å²) in [4.78, 5) is 10.6. The Bertz CT molecular complexity index is 105. The molecule has 0 heterocycles. The fourth-order valence-corrected chi connectivity index (χ4v) is 1.62. The van der Waals surface area contributed by atoms with Gasteiger partial charge in [0.1, 0.15) is 0 Å². The second-order valence-corrected chi connectivity index (χ2v) is 3.06. The fourth-order valence-electron chi connectivity index (χ4n) is 1.62. The summed E-state index contributed by atoms with van der Waals surface area (Å²) in [6.07, 6.45) is 5.27.